The third-order valence-electron chi connectivity index (χ3n) is 5.00. The number of aliphatic imine (C=N–C) groups is 2. The third-order valence-corrected chi connectivity index (χ3v) is 7.21. The Labute approximate surface area is 178 Å². The molecule has 2 aliphatic heterocycles. The summed E-state index contributed by atoms with van der Waals surface area (Å²) in [6, 6.07) is 0.172. The monoisotopic (exact) mass is 463 g/mol. The number of alkyl halides is 1. The van der Waals surface area contributed by atoms with Crippen LogP contribution >= 0.6 is 28.8 Å². The van der Waals surface area contributed by atoms with Gasteiger partial charge in [-0.05, 0) is 38.8 Å². The molecule has 162 valence electrons. The van der Waals surface area contributed by atoms with Gasteiger partial charge in [-0.3, -0.25) is 4.99 Å². The molecule has 0 bridgehead atoms. The lowest BCUT2D eigenvalue weighted by atomic mass is 10.1. The van der Waals surface area contributed by atoms with Gasteiger partial charge in [-0.1, -0.05) is 0 Å². The summed E-state index contributed by atoms with van der Waals surface area (Å²) >= 11 is 5.94. The second-order valence-corrected chi connectivity index (χ2v) is 9.67. The molecule has 4 atom stereocenters. The average Bonchev–Trinajstić information content (AvgIpc) is 3.38. The summed E-state index contributed by atoms with van der Waals surface area (Å²) < 4.78 is 13.2. The molecule has 0 radical (unpaired) electrons. The Morgan fingerprint density at radius 3 is 2.90 bits per heavy atom. The van der Waals surface area contributed by atoms with Crippen LogP contribution in [0.25, 0.3) is 0 Å². The molecule has 0 saturated carbocycles. The number of amidine groups is 1. The first-order valence-electron chi connectivity index (χ1n) is 9.69. The molecule has 1 aromatic heterocycles. The van der Waals surface area contributed by atoms with Crippen LogP contribution in [0.15, 0.2) is 16.2 Å². The van der Waals surface area contributed by atoms with Crippen molar-refractivity contribution in [2.24, 2.45) is 9.98 Å². The van der Waals surface area contributed by atoms with Gasteiger partial charge in [0.15, 0.2) is 20.4 Å². The van der Waals surface area contributed by atoms with Gasteiger partial charge < -0.3 is 23.9 Å². The standard InChI is InChI=1S/C17H28ClN5O4P2/c1-19-16-14(17(20-11-18)22-7-3-2-4-8-22)9-21-23(16)15-6-5-13(27-15)10-26-29(25)12-28-24/h9,13,15,24-25,28H,1-8,10-12H2/b20-17+. The number of piperidine rings is 1. The van der Waals surface area contributed by atoms with Crippen molar-refractivity contribution < 1.29 is 19.0 Å². The van der Waals surface area contributed by atoms with Gasteiger partial charge in [0.25, 0.3) is 0 Å². The van der Waals surface area contributed by atoms with Gasteiger partial charge >= 0.3 is 0 Å². The summed E-state index contributed by atoms with van der Waals surface area (Å²) in [6.45, 7) is 5.90. The number of halogens is 1. The van der Waals surface area contributed by atoms with E-state index in [2.05, 4.69) is 26.7 Å². The van der Waals surface area contributed by atoms with E-state index in [1.807, 2.05) is 0 Å². The van der Waals surface area contributed by atoms with Gasteiger partial charge in [0.2, 0.25) is 0 Å². The SMILES string of the molecule is C=Nc1c(/C(=N\CCl)N2CCCCC2)cnn1C1CCC(COP(O)CPO)O1. The largest absolute Gasteiger partial charge is 0.377 e. The number of likely N-dealkylation sites (tertiary alicyclic amines) is 1. The van der Waals surface area contributed by atoms with Crippen molar-refractivity contribution in [1.29, 1.82) is 0 Å². The molecule has 12 heteroatoms. The van der Waals surface area contributed by atoms with E-state index in [1.165, 1.54) is 6.42 Å². The molecule has 2 aliphatic rings. The molecule has 4 unspecified atom stereocenters. The van der Waals surface area contributed by atoms with Crippen molar-refractivity contribution >= 4 is 47.2 Å². The molecule has 0 amide bonds. The minimum Gasteiger partial charge on any atom is -0.377 e. The summed E-state index contributed by atoms with van der Waals surface area (Å²) in [5, 5.41) is 4.52. The fraction of sp³-hybridized carbons (Fsp3) is 0.706. The lowest BCUT2D eigenvalue weighted by molar-refractivity contribution is -0.0223. The number of hydrogen-bond donors (Lipinski definition) is 2. The lowest BCUT2D eigenvalue weighted by Crippen LogP contribution is -2.36. The molecule has 0 spiro atoms. The molecule has 2 N–H and O–H groups in total. The number of rotatable bonds is 9. The maximum atomic E-state index is 9.68. The van der Waals surface area contributed by atoms with Gasteiger partial charge in [0, 0.05) is 21.9 Å². The minimum absolute atomic E-state index is 0.137. The van der Waals surface area contributed by atoms with Crippen LogP contribution in [0.3, 0.4) is 0 Å². The Kier molecular flexibility index (Phi) is 9.25. The molecule has 29 heavy (non-hydrogen) atoms. The van der Waals surface area contributed by atoms with Gasteiger partial charge in [0.05, 0.1) is 30.4 Å². The summed E-state index contributed by atoms with van der Waals surface area (Å²) in [4.78, 5) is 29.5. The predicted molar refractivity (Wildman–Crippen MR) is 118 cm³/mol. The maximum Gasteiger partial charge on any atom is 0.174 e. The zero-order chi connectivity index (χ0) is 20.6. The zero-order valence-corrected chi connectivity index (χ0v) is 18.9. The fourth-order valence-corrected chi connectivity index (χ4v) is 4.96. The first-order valence-corrected chi connectivity index (χ1v) is 12.8. The molecule has 2 saturated heterocycles. The first-order chi connectivity index (χ1) is 14.2. The van der Waals surface area contributed by atoms with Gasteiger partial charge in [-0.25, -0.2) is 9.67 Å². The molecular formula is C17H28ClN5O4P2. The van der Waals surface area contributed by atoms with Crippen molar-refractivity contribution in [3.8, 4) is 0 Å². The van der Waals surface area contributed by atoms with E-state index in [4.69, 9.17) is 25.8 Å². The van der Waals surface area contributed by atoms with Crippen molar-refractivity contribution in [2.45, 2.75) is 44.4 Å². The van der Waals surface area contributed by atoms with E-state index in [0.717, 1.165) is 50.2 Å². The Balaban J connectivity index is 1.70. The van der Waals surface area contributed by atoms with E-state index in [9.17, 15) is 4.89 Å². The van der Waals surface area contributed by atoms with E-state index < -0.39 is 8.38 Å². The molecule has 0 aliphatic carbocycles. The maximum absolute atomic E-state index is 9.68. The van der Waals surface area contributed by atoms with Crippen LogP contribution in [0.1, 0.15) is 43.9 Å². The summed E-state index contributed by atoms with van der Waals surface area (Å²) in [5.41, 5.74) is 0.814. The molecule has 2 fully saturated rings. The highest BCUT2D eigenvalue weighted by Gasteiger charge is 2.31. The number of hydrogen-bond acceptors (Lipinski definition) is 7. The zero-order valence-electron chi connectivity index (χ0n) is 16.3. The quantitative estimate of drug-likeness (QED) is 0.192. The van der Waals surface area contributed by atoms with Gasteiger partial charge in [0.1, 0.15) is 11.8 Å². The summed E-state index contributed by atoms with van der Waals surface area (Å²) in [5.74, 6) is 1.71. The Morgan fingerprint density at radius 2 is 2.21 bits per heavy atom. The van der Waals surface area contributed by atoms with Crippen LogP contribution in [-0.2, 0) is 9.26 Å². The molecular weight excluding hydrogens is 436 g/mol. The molecule has 1 aromatic rings. The van der Waals surface area contributed by atoms with Crippen molar-refractivity contribution in [2.75, 3.05) is 31.6 Å². The second-order valence-electron chi connectivity index (χ2n) is 6.89. The van der Waals surface area contributed by atoms with Crippen LogP contribution in [-0.4, -0.2) is 74.7 Å². The number of nitrogens with zero attached hydrogens (tertiary/aromatic N) is 5. The van der Waals surface area contributed by atoms with E-state index >= 15 is 0 Å². The Bertz CT molecular complexity index is 701. The van der Waals surface area contributed by atoms with Crippen molar-refractivity contribution in [3.05, 3.63) is 11.8 Å². The normalized spacial score (nSPS) is 24.5. The third kappa shape index (κ3) is 5.95. The molecule has 3 heterocycles. The Morgan fingerprint density at radius 1 is 1.41 bits per heavy atom. The average molecular weight is 464 g/mol. The van der Waals surface area contributed by atoms with Crippen LogP contribution in [0.5, 0.6) is 0 Å². The van der Waals surface area contributed by atoms with E-state index in [-0.39, 0.29) is 33.0 Å². The van der Waals surface area contributed by atoms with Crippen LogP contribution in [0.2, 0.25) is 0 Å². The number of aromatic nitrogens is 2. The van der Waals surface area contributed by atoms with E-state index in [0.29, 0.717) is 12.4 Å². The topological polar surface area (TPSA) is 105 Å². The van der Waals surface area contributed by atoms with Gasteiger partial charge in [-0.2, -0.15) is 5.10 Å². The predicted octanol–water partition coefficient (Wildman–Crippen LogP) is 3.19. The molecule has 9 nitrogen and oxygen atoms in total. The van der Waals surface area contributed by atoms with Crippen molar-refractivity contribution in [3.63, 3.8) is 0 Å². The first kappa shape index (κ1) is 23.0. The highest BCUT2D eigenvalue weighted by molar-refractivity contribution is 7.58. The summed E-state index contributed by atoms with van der Waals surface area (Å²) in [6.07, 6.45) is 6.37. The molecule has 0 aromatic carbocycles. The summed E-state index contributed by atoms with van der Waals surface area (Å²) in [7, 11) is -1.91. The highest BCUT2D eigenvalue weighted by Crippen LogP contribution is 2.39. The molecule has 3 rings (SSSR count). The van der Waals surface area contributed by atoms with Crippen LogP contribution in [0, 0.1) is 0 Å². The van der Waals surface area contributed by atoms with Gasteiger partial charge in [-0.15, -0.1) is 11.6 Å². The number of ether oxygens (including phenoxy) is 1. The second kappa shape index (κ2) is 11.7. The minimum atomic E-state index is -1.59. The fourth-order valence-electron chi connectivity index (χ4n) is 3.66. The highest BCUT2D eigenvalue weighted by atomic mass is 35.5. The lowest BCUT2D eigenvalue weighted by Gasteiger charge is -2.29. The van der Waals surface area contributed by atoms with Crippen LogP contribution in [0.4, 0.5) is 5.82 Å². The van der Waals surface area contributed by atoms with Crippen molar-refractivity contribution in [1.82, 2.24) is 14.7 Å². The van der Waals surface area contributed by atoms with E-state index in [1.54, 1.807) is 10.9 Å². The smallest absolute Gasteiger partial charge is 0.174 e. The Hall–Kier alpha value is -0.660. The van der Waals surface area contributed by atoms with Crippen LogP contribution < -0.4 is 0 Å².